The number of phenolic OH excluding ortho intramolecular Hbond substituents is 2. The summed E-state index contributed by atoms with van der Waals surface area (Å²) in [4.78, 5) is 22.6. The molecule has 4 atom stereocenters. The molecule has 2 rings (SSSR count). The van der Waals surface area contributed by atoms with Crippen LogP contribution in [-0.4, -0.2) is 68.5 Å². The Bertz CT molecular complexity index is 654. The Kier molecular flexibility index (Phi) is 5.39. The molecule has 24 heavy (non-hydrogen) atoms. The number of hydrogen-bond donors (Lipinski definition) is 5. The van der Waals surface area contributed by atoms with E-state index in [1.165, 1.54) is 24.3 Å². The number of aromatic hydroxyl groups is 2. The number of aliphatic hydroxyl groups is 3. The van der Waals surface area contributed by atoms with Crippen LogP contribution in [0.1, 0.15) is 5.56 Å². The summed E-state index contributed by atoms with van der Waals surface area (Å²) in [6.07, 6.45) is -3.93. The van der Waals surface area contributed by atoms with Crippen molar-refractivity contribution in [3.8, 4) is 11.5 Å². The second-order valence-electron chi connectivity index (χ2n) is 5.12. The summed E-state index contributed by atoms with van der Waals surface area (Å²) in [7, 11) is 0. The first-order valence-corrected chi connectivity index (χ1v) is 6.91. The van der Waals surface area contributed by atoms with E-state index in [1.807, 2.05) is 0 Å². The second-order valence-corrected chi connectivity index (χ2v) is 5.12. The largest absolute Gasteiger partial charge is 0.504 e. The predicted octanol–water partition coefficient (Wildman–Crippen LogP) is -1.34. The molecule has 0 unspecified atom stereocenters. The Morgan fingerprint density at radius 1 is 1.29 bits per heavy atom. The van der Waals surface area contributed by atoms with Gasteiger partial charge in [0, 0.05) is 6.08 Å². The summed E-state index contributed by atoms with van der Waals surface area (Å²) < 4.78 is 9.32. The molecule has 0 amide bonds. The third-order valence-corrected chi connectivity index (χ3v) is 3.34. The Balaban J connectivity index is 1.85. The van der Waals surface area contributed by atoms with E-state index in [2.05, 4.69) is 4.74 Å². The second kappa shape index (κ2) is 7.30. The van der Waals surface area contributed by atoms with Crippen LogP contribution < -0.4 is 0 Å². The van der Waals surface area contributed by atoms with E-state index in [1.54, 1.807) is 0 Å². The van der Waals surface area contributed by atoms with Crippen molar-refractivity contribution < 1.29 is 44.6 Å². The lowest BCUT2D eigenvalue weighted by atomic mass is 10.1. The van der Waals surface area contributed by atoms with Crippen LogP contribution in [0.25, 0.3) is 6.08 Å². The molecule has 1 aromatic carbocycles. The van der Waals surface area contributed by atoms with Crippen molar-refractivity contribution in [2.24, 2.45) is 0 Å². The maximum Gasteiger partial charge on any atom is 0.338 e. The molecule has 0 bridgehead atoms. The minimum Gasteiger partial charge on any atom is -0.504 e. The van der Waals surface area contributed by atoms with E-state index in [0.29, 0.717) is 5.56 Å². The summed E-state index contributed by atoms with van der Waals surface area (Å²) in [6, 6.07) is 3.92. The average Bonchev–Trinajstić information content (AvgIpc) is 2.81. The van der Waals surface area contributed by atoms with Crippen LogP contribution in [0.15, 0.2) is 24.3 Å². The van der Waals surface area contributed by atoms with E-state index in [9.17, 15) is 30.0 Å². The normalized spacial score (nSPS) is 24.8. The van der Waals surface area contributed by atoms with Gasteiger partial charge in [-0.05, 0) is 23.8 Å². The van der Waals surface area contributed by atoms with E-state index in [4.69, 9.17) is 9.84 Å². The number of hydrogen-bond acceptors (Lipinski definition) is 9. The fraction of sp³-hybridized carbons (Fsp3) is 0.333. The molecule has 1 aliphatic rings. The first-order valence-electron chi connectivity index (χ1n) is 6.91. The Labute approximate surface area is 136 Å². The van der Waals surface area contributed by atoms with Gasteiger partial charge >= 0.3 is 11.9 Å². The average molecular weight is 340 g/mol. The van der Waals surface area contributed by atoms with Gasteiger partial charge in [-0.1, -0.05) is 6.07 Å². The number of carbonyl (C=O) groups is 2. The molecule has 1 fully saturated rings. The number of ether oxygens (including phenoxy) is 2. The monoisotopic (exact) mass is 340 g/mol. The van der Waals surface area contributed by atoms with E-state index in [0.717, 1.165) is 6.08 Å². The number of cyclic esters (lactones) is 1. The predicted molar refractivity (Wildman–Crippen MR) is 77.7 cm³/mol. The molecule has 130 valence electrons. The van der Waals surface area contributed by atoms with Crippen molar-refractivity contribution in [3.05, 3.63) is 29.8 Å². The van der Waals surface area contributed by atoms with Crippen LogP contribution >= 0.6 is 0 Å². The number of benzene rings is 1. The summed E-state index contributed by atoms with van der Waals surface area (Å²) in [6.45, 7) is -0.564. The molecule has 1 heterocycles. The van der Waals surface area contributed by atoms with E-state index < -0.39 is 43.0 Å². The van der Waals surface area contributed by atoms with Crippen molar-refractivity contribution in [3.63, 3.8) is 0 Å². The highest BCUT2D eigenvalue weighted by Crippen LogP contribution is 2.25. The van der Waals surface area contributed by atoms with Gasteiger partial charge in [0.1, 0.15) is 18.8 Å². The zero-order valence-corrected chi connectivity index (χ0v) is 12.3. The van der Waals surface area contributed by atoms with Crippen LogP contribution in [0.3, 0.4) is 0 Å². The molecule has 9 heteroatoms. The lowest BCUT2D eigenvalue weighted by Gasteiger charge is -2.19. The zero-order chi connectivity index (χ0) is 17.9. The molecule has 5 N–H and O–H groups in total. The third kappa shape index (κ3) is 4.02. The molecule has 0 spiro atoms. The first kappa shape index (κ1) is 17.7. The lowest BCUT2D eigenvalue weighted by Crippen LogP contribution is -2.41. The van der Waals surface area contributed by atoms with Crippen molar-refractivity contribution >= 4 is 18.0 Å². The first-order chi connectivity index (χ1) is 11.3. The molecule has 9 nitrogen and oxygen atoms in total. The van der Waals surface area contributed by atoms with E-state index >= 15 is 0 Å². The van der Waals surface area contributed by atoms with Gasteiger partial charge < -0.3 is 35.0 Å². The van der Waals surface area contributed by atoms with Crippen molar-refractivity contribution in [2.75, 3.05) is 6.61 Å². The molecule has 0 radical (unpaired) electrons. The van der Waals surface area contributed by atoms with Gasteiger partial charge in [-0.2, -0.15) is 0 Å². The fourth-order valence-electron chi connectivity index (χ4n) is 2.02. The van der Waals surface area contributed by atoms with Gasteiger partial charge in [-0.25, -0.2) is 9.59 Å². The standard InChI is InChI=1S/C15H16O9/c16-8-3-1-7(5-9(8)17)2-4-11(19)23-6-10(18)14-12(20)13(21)15(22)24-14/h1-5,10,12-14,16-18,20-21H,6H2/b4-2+/t10-,12+,13-,14-/m1/s1. The number of carbonyl (C=O) groups excluding carboxylic acids is 2. The summed E-state index contributed by atoms with van der Waals surface area (Å²) >= 11 is 0. The van der Waals surface area contributed by atoms with Crippen LogP contribution in [0.2, 0.25) is 0 Å². The topological polar surface area (TPSA) is 154 Å². The molecule has 1 aliphatic heterocycles. The number of phenols is 2. The van der Waals surface area contributed by atoms with Crippen molar-refractivity contribution in [1.29, 1.82) is 0 Å². The quantitative estimate of drug-likeness (QED) is 0.249. The zero-order valence-electron chi connectivity index (χ0n) is 12.3. The highest BCUT2D eigenvalue weighted by atomic mass is 16.6. The Hall–Kier alpha value is -2.62. The maximum atomic E-state index is 11.5. The van der Waals surface area contributed by atoms with Gasteiger partial charge in [0.2, 0.25) is 0 Å². The molecule has 1 saturated heterocycles. The maximum absolute atomic E-state index is 11.5. The fourth-order valence-corrected chi connectivity index (χ4v) is 2.02. The van der Waals surface area contributed by atoms with Gasteiger partial charge in [0.25, 0.3) is 0 Å². The SMILES string of the molecule is O=C(/C=C/c1ccc(O)c(O)c1)OC[C@@H](O)[C@H]1OC(=O)[C@H](O)[C@@H]1O. The smallest absolute Gasteiger partial charge is 0.338 e. The Morgan fingerprint density at radius 2 is 2.00 bits per heavy atom. The molecule has 0 aliphatic carbocycles. The summed E-state index contributed by atoms with van der Waals surface area (Å²) in [5, 5.41) is 47.0. The van der Waals surface area contributed by atoms with Crippen LogP contribution in [0, 0.1) is 0 Å². The minimum atomic E-state index is -1.75. The summed E-state index contributed by atoms with van der Waals surface area (Å²) in [5.74, 6) is -2.55. The third-order valence-electron chi connectivity index (χ3n) is 3.34. The molecule has 0 saturated carbocycles. The highest BCUT2D eigenvalue weighted by molar-refractivity contribution is 5.87. The number of rotatable bonds is 5. The number of esters is 2. The van der Waals surface area contributed by atoms with Gasteiger partial charge in [-0.15, -0.1) is 0 Å². The van der Waals surface area contributed by atoms with Crippen LogP contribution in [0.4, 0.5) is 0 Å². The van der Waals surface area contributed by atoms with Gasteiger partial charge in [0.05, 0.1) is 0 Å². The van der Waals surface area contributed by atoms with Crippen LogP contribution in [-0.2, 0) is 19.1 Å². The Morgan fingerprint density at radius 3 is 2.58 bits per heavy atom. The van der Waals surface area contributed by atoms with Crippen molar-refractivity contribution in [1.82, 2.24) is 0 Å². The summed E-state index contributed by atoms with van der Waals surface area (Å²) in [5.41, 5.74) is 0.422. The molecular weight excluding hydrogens is 324 g/mol. The van der Waals surface area contributed by atoms with Crippen molar-refractivity contribution in [2.45, 2.75) is 24.4 Å². The lowest BCUT2D eigenvalue weighted by molar-refractivity contribution is -0.154. The minimum absolute atomic E-state index is 0.301. The molecular formula is C15H16O9. The molecule has 0 aromatic heterocycles. The van der Waals surface area contributed by atoms with E-state index in [-0.39, 0.29) is 11.5 Å². The highest BCUT2D eigenvalue weighted by Gasteiger charge is 2.46. The van der Waals surface area contributed by atoms with Gasteiger partial charge in [0.15, 0.2) is 23.7 Å². The molecule has 1 aromatic rings. The van der Waals surface area contributed by atoms with Gasteiger partial charge in [-0.3, -0.25) is 0 Å². The van der Waals surface area contributed by atoms with Crippen LogP contribution in [0.5, 0.6) is 11.5 Å². The number of aliphatic hydroxyl groups excluding tert-OH is 3.